The Bertz CT molecular complexity index is 412. The van der Waals surface area contributed by atoms with E-state index in [-0.39, 0.29) is 12.1 Å². The van der Waals surface area contributed by atoms with Crippen LogP contribution in [0.1, 0.15) is 31.7 Å². The van der Waals surface area contributed by atoms with Gasteiger partial charge in [-0.25, -0.2) is 4.79 Å². The predicted octanol–water partition coefficient (Wildman–Crippen LogP) is 2.26. The summed E-state index contributed by atoms with van der Waals surface area (Å²) in [4.78, 5) is 11.7. The Labute approximate surface area is 108 Å². The molecule has 1 aliphatic rings. The van der Waals surface area contributed by atoms with Crippen LogP contribution in [0.4, 0.5) is 4.79 Å². The number of nitrogens with one attached hydrogen (secondary N) is 2. The van der Waals surface area contributed by atoms with E-state index >= 15 is 0 Å². The Morgan fingerprint density at radius 2 is 2.33 bits per heavy atom. The molecule has 4 nitrogen and oxygen atoms in total. The standard InChI is InChI=1S/C14H20N2O2/c1-10(2)11-4-3-5-13(8-11)18-14(17)16-12-6-7-15-9-12/h3-5,8,10,12,15H,6-7,9H2,1-2H3,(H,16,17). The normalized spacial score (nSPS) is 18.9. The van der Waals surface area contributed by atoms with Gasteiger partial charge in [0.2, 0.25) is 0 Å². The van der Waals surface area contributed by atoms with Crippen LogP contribution >= 0.6 is 0 Å². The number of hydrogen-bond acceptors (Lipinski definition) is 3. The number of amides is 1. The molecule has 1 aliphatic heterocycles. The highest BCUT2D eigenvalue weighted by Crippen LogP contribution is 2.20. The zero-order valence-corrected chi connectivity index (χ0v) is 10.9. The minimum atomic E-state index is -0.371. The molecule has 0 spiro atoms. The molecule has 4 heteroatoms. The van der Waals surface area contributed by atoms with E-state index in [2.05, 4.69) is 24.5 Å². The first-order chi connectivity index (χ1) is 8.65. The van der Waals surface area contributed by atoms with Gasteiger partial charge in [-0.15, -0.1) is 0 Å². The summed E-state index contributed by atoms with van der Waals surface area (Å²) in [5, 5.41) is 6.05. The smallest absolute Gasteiger partial charge is 0.410 e. The first-order valence-electron chi connectivity index (χ1n) is 6.44. The SMILES string of the molecule is CC(C)c1cccc(OC(=O)NC2CCNC2)c1. The summed E-state index contributed by atoms with van der Waals surface area (Å²) in [6, 6.07) is 7.85. The van der Waals surface area contributed by atoms with Crippen LogP contribution in [0.15, 0.2) is 24.3 Å². The van der Waals surface area contributed by atoms with Gasteiger partial charge in [-0.3, -0.25) is 0 Å². The summed E-state index contributed by atoms with van der Waals surface area (Å²) in [7, 11) is 0. The van der Waals surface area contributed by atoms with Gasteiger partial charge >= 0.3 is 6.09 Å². The molecular formula is C14H20N2O2. The Morgan fingerprint density at radius 1 is 1.50 bits per heavy atom. The number of ether oxygens (including phenoxy) is 1. The average Bonchev–Trinajstić information content (AvgIpc) is 2.82. The lowest BCUT2D eigenvalue weighted by Crippen LogP contribution is -2.38. The summed E-state index contributed by atoms with van der Waals surface area (Å²) in [5.41, 5.74) is 1.17. The van der Waals surface area contributed by atoms with Gasteiger partial charge in [-0.05, 0) is 36.6 Å². The van der Waals surface area contributed by atoms with E-state index in [0.717, 1.165) is 19.5 Å². The first kappa shape index (κ1) is 12.9. The molecule has 1 aromatic rings. The molecule has 1 saturated heterocycles. The summed E-state index contributed by atoms with van der Waals surface area (Å²) in [6.07, 6.45) is 0.589. The molecule has 1 heterocycles. The van der Waals surface area contributed by atoms with Crippen LogP contribution in [0.25, 0.3) is 0 Å². The largest absolute Gasteiger partial charge is 0.412 e. The van der Waals surface area contributed by atoms with Crippen molar-refractivity contribution in [2.24, 2.45) is 0 Å². The van der Waals surface area contributed by atoms with Crippen molar-refractivity contribution in [1.82, 2.24) is 10.6 Å². The Hall–Kier alpha value is -1.55. The zero-order valence-electron chi connectivity index (χ0n) is 10.9. The van der Waals surface area contributed by atoms with Gasteiger partial charge in [-0.2, -0.15) is 0 Å². The molecule has 98 valence electrons. The minimum absolute atomic E-state index is 0.186. The monoisotopic (exact) mass is 248 g/mol. The highest BCUT2D eigenvalue weighted by molar-refractivity contribution is 5.70. The molecule has 18 heavy (non-hydrogen) atoms. The van der Waals surface area contributed by atoms with E-state index in [1.165, 1.54) is 5.56 Å². The van der Waals surface area contributed by atoms with Crippen molar-refractivity contribution in [3.8, 4) is 5.75 Å². The fourth-order valence-corrected chi connectivity index (χ4v) is 2.02. The van der Waals surface area contributed by atoms with Crippen molar-refractivity contribution in [3.05, 3.63) is 29.8 Å². The Morgan fingerprint density at radius 3 is 3.00 bits per heavy atom. The third-order valence-electron chi connectivity index (χ3n) is 3.12. The van der Waals surface area contributed by atoms with Crippen LogP contribution in [0.5, 0.6) is 5.75 Å². The molecule has 0 radical (unpaired) electrons. The molecule has 0 bridgehead atoms. The molecule has 1 atom stereocenters. The fraction of sp³-hybridized carbons (Fsp3) is 0.500. The topological polar surface area (TPSA) is 50.4 Å². The van der Waals surface area contributed by atoms with E-state index in [1.807, 2.05) is 18.2 Å². The number of carbonyl (C=O) groups is 1. The number of benzene rings is 1. The lowest BCUT2D eigenvalue weighted by Gasteiger charge is -2.12. The average molecular weight is 248 g/mol. The third kappa shape index (κ3) is 3.47. The summed E-state index contributed by atoms with van der Waals surface area (Å²) >= 11 is 0. The lowest BCUT2D eigenvalue weighted by molar-refractivity contribution is 0.197. The second-order valence-electron chi connectivity index (χ2n) is 4.95. The van der Waals surface area contributed by atoms with Gasteiger partial charge in [0.05, 0.1) is 0 Å². The van der Waals surface area contributed by atoms with Gasteiger partial charge < -0.3 is 15.4 Å². The van der Waals surface area contributed by atoms with Crippen LogP contribution in [-0.4, -0.2) is 25.2 Å². The maximum atomic E-state index is 11.7. The van der Waals surface area contributed by atoms with E-state index in [4.69, 9.17) is 4.74 Å². The third-order valence-corrected chi connectivity index (χ3v) is 3.12. The number of hydrogen-bond donors (Lipinski definition) is 2. The van der Waals surface area contributed by atoms with Gasteiger partial charge in [-0.1, -0.05) is 26.0 Å². The second-order valence-corrected chi connectivity index (χ2v) is 4.95. The molecule has 1 aromatic carbocycles. The molecule has 2 rings (SSSR count). The molecule has 2 N–H and O–H groups in total. The van der Waals surface area contributed by atoms with Crippen molar-refractivity contribution in [3.63, 3.8) is 0 Å². The molecule has 0 aliphatic carbocycles. The molecular weight excluding hydrogens is 228 g/mol. The van der Waals surface area contributed by atoms with E-state index in [0.29, 0.717) is 11.7 Å². The van der Waals surface area contributed by atoms with Crippen molar-refractivity contribution in [2.75, 3.05) is 13.1 Å². The van der Waals surface area contributed by atoms with Crippen LogP contribution < -0.4 is 15.4 Å². The first-order valence-corrected chi connectivity index (χ1v) is 6.44. The Balaban J connectivity index is 1.91. The van der Waals surface area contributed by atoms with E-state index in [1.54, 1.807) is 6.07 Å². The van der Waals surface area contributed by atoms with Gasteiger partial charge in [0.1, 0.15) is 5.75 Å². The quantitative estimate of drug-likeness (QED) is 0.862. The van der Waals surface area contributed by atoms with Crippen LogP contribution in [-0.2, 0) is 0 Å². The van der Waals surface area contributed by atoms with Gasteiger partial charge in [0.15, 0.2) is 0 Å². The zero-order chi connectivity index (χ0) is 13.0. The summed E-state index contributed by atoms with van der Waals surface area (Å²) < 4.78 is 5.29. The highest BCUT2D eigenvalue weighted by Gasteiger charge is 2.17. The molecule has 0 saturated carbocycles. The van der Waals surface area contributed by atoms with Crippen LogP contribution in [0.2, 0.25) is 0 Å². The van der Waals surface area contributed by atoms with Crippen molar-refractivity contribution < 1.29 is 9.53 Å². The predicted molar refractivity (Wildman–Crippen MR) is 71.0 cm³/mol. The second kappa shape index (κ2) is 5.87. The maximum Gasteiger partial charge on any atom is 0.412 e. The fourth-order valence-electron chi connectivity index (χ4n) is 2.02. The highest BCUT2D eigenvalue weighted by atomic mass is 16.6. The maximum absolute atomic E-state index is 11.7. The Kier molecular flexibility index (Phi) is 4.20. The number of rotatable bonds is 3. The van der Waals surface area contributed by atoms with Gasteiger partial charge in [0, 0.05) is 12.6 Å². The molecule has 1 amide bonds. The van der Waals surface area contributed by atoms with Crippen molar-refractivity contribution in [2.45, 2.75) is 32.2 Å². The van der Waals surface area contributed by atoms with E-state index < -0.39 is 0 Å². The summed E-state index contributed by atoms with van der Waals surface area (Å²) in [5.74, 6) is 1.03. The molecule has 1 fully saturated rings. The summed E-state index contributed by atoms with van der Waals surface area (Å²) in [6.45, 7) is 6.00. The van der Waals surface area contributed by atoms with E-state index in [9.17, 15) is 4.79 Å². The molecule has 1 unspecified atom stereocenters. The molecule has 0 aromatic heterocycles. The van der Waals surface area contributed by atoms with Crippen molar-refractivity contribution >= 4 is 6.09 Å². The minimum Gasteiger partial charge on any atom is -0.410 e. The van der Waals surface area contributed by atoms with Gasteiger partial charge in [0.25, 0.3) is 0 Å². The van der Waals surface area contributed by atoms with Crippen LogP contribution in [0.3, 0.4) is 0 Å². The number of carbonyl (C=O) groups excluding carboxylic acids is 1. The van der Waals surface area contributed by atoms with Crippen LogP contribution in [0, 0.1) is 0 Å². The van der Waals surface area contributed by atoms with Crippen molar-refractivity contribution in [1.29, 1.82) is 0 Å². The lowest BCUT2D eigenvalue weighted by atomic mass is 10.0.